The highest BCUT2D eigenvalue weighted by molar-refractivity contribution is 5.92. The second kappa shape index (κ2) is 11.0. The zero-order valence-electron chi connectivity index (χ0n) is 16.6. The van der Waals surface area contributed by atoms with Crippen molar-refractivity contribution in [2.75, 3.05) is 27.8 Å². The molecule has 7 heteroatoms. The molecule has 0 fully saturated rings. The summed E-state index contributed by atoms with van der Waals surface area (Å²) in [7, 11) is 2.99. The Morgan fingerprint density at radius 1 is 1.03 bits per heavy atom. The van der Waals surface area contributed by atoms with Gasteiger partial charge in [-0.15, -0.1) is 0 Å². The van der Waals surface area contributed by atoms with Crippen LogP contribution in [0.4, 0.5) is 0 Å². The van der Waals surface area contributed by atoms with E-state index in [1.807, 2.05) is 24.3 Å². The molecule has 0 saturated carbocycles. The number of hydrogen-bond donors (Lipinski definition) is 1. The van der Waals surface area contributed by atoms with E-state index in [0.29, 0.717) is 22.6 Å². The van der Waals surface area contributed by atoms with Crippen LogP contribution >= 0.6 is 0 Å². The first-order chi connectivity index (χ1) is 13.9. The van der Waals surface area contributed by atoms with Gasteiger partial charge < -0.3 is 24.1 Å². The van der Waals surface area contributed by atoms with Crippen molar-refractivity contribution in [3.8, 4) is 22.6 Å². The molecule has 0 aliphatic carbocycles. The molecule has 0 aromatic heterocycles. The van der Waals surface area contributed by atoms with Crippen LogP contribution in [0.1, 0.15) is 18.1 Å². The smallest absolute Gasteiger partial charge is 0.307 e. The molecule has 29 heavy (non-hydrogen) atoms. The normalized spacial score (nSPS) is 10.9. The van der Waals surface area contributed by atoms with Gasteiger partial charge in [0.1, 0.15) is 11.5 Å². The highest BCUT2D eigenvalue weighted by Gasteiger charge is 2.18. The predicted molar refractivity (Wildman–Crippen MR) is 108 cm³/mol. The summed E-state index contributed by atoms with van der Waals surface area (Å²) < 4.78 is 21.1. The second-order valence-corrected chi connectivity index (χ2v) is 6.20. The number of carboxylic acid groups (broad SMARTS) is 1. The number of benzene rings is 2. The summed E-state index contributed by atoms with van der Waals surface area (Å²) in [5.74, 6) is -0.207. The highest BCUT2D eigenvalue weighted by atomic mass is 16.7. The van der Waals surface area contributed by atoms with Crippen molar-refractivity contribution in [3.05, 3.63) is 53.6 Å². The third kappa shape index (κ3) is 6.74. The van der Waals surface area contributed by atoms with Crippen LogP contribution in [0.3, 0.4) is 0 Å². The van der Waals surface area contributed by atoms with Crippen LogP contribution in [0.25, 0.3) is 17.2 Å². The molecule has 0 saturated heterocycles. The molecule has 154 valence electrons. The quantitative estimate of drug-likeness (QED) is 0.456. The van der Waals surface area contributed by atoms with Crippen LogP contribution in [-0.4, -0.2) is 44.7 Å². The average Bonchev–Trinajstić information content (AvgIpc) is 2.68. The van der Waals surface area contributed by atoms with E-state index < -0.39 is 5.97 Å². The molecule has 0 atom stereocenters. The van der Waals surface area contributed by atoms with E-state index in [2.05, 4.69) is 0 Å². The van der Waals surface area contributed by atoms with Crippen molar-refractivity contribution in [3.63, 3.8) is 0 Å². The Labute approximate surface area is 169 Å². The number of aliphatic carboxylic acids is 1. The van der Waals surface area contributed by atoms with Gasteiger partial charge in [0.25, 0.3) is 0 Å². The molecule has 0 spiro atoms. The van der Waals surface area contributed by atoms with E-state index in [-0.39, 0.29) is 25.8 Å². The van der Waals surface area contributed by atoms with Crippen LogP contribution in [0.5, 0.6) is 11.5 Å². The molecule has 0 radical (unpaired) electrons. The minimum Gasteiger partial charge on any atom is -0.481 e. The molecule has 1 N–H and O–H groups in total. The fourth-order valence-electron chi connectivity index (χ4n) is 2.73. The van der Waals surface area contributed by atoms with Gasteiger partial charge in [0.05, 0.1) is 6.42 Å². The van der Waals surface area contributed by atoms with Crippen molar-refractivity contribution < 1.29 is 33.6 Å². The van der Waals surface area contributed by atoms with Crippen molar-refractivity contribution in [1.29, 1.82) is 0 Å². The fourth-order valence-corrected chi connectivity index (χ4v) is 2.73. The molecule has 2 aromatic rings. The maximum Gasteiger partial charge on any atom is 0.307 e. The van der Waals surface area contributed by atoms with E-state index in [9.17, 15) is 14.7 Å². The summed E-state index contributed by atoms with van der Waals surface area (Å²) in [4.78, 5) is 22.7. The SMILES string of the molecule is COCOc1cc(CC(=O)O)c(-c2cccc(C=CC(C)=O)c2)c(OCOC)c1. The second-order valence-electron chi connectivity index (χ2n) is 6.20. The average molecular weight is 400 g/mol. The summed E-state index contributed by atoms with van der Waals surface area (Å²) in [6.45, 7) is 1.47. The van der Waals surface area contributed by atoms with Gasteiger partial charge in [0.15, 0.2) is 19.4 Å². The fraction of sp³-hybridized carbons (Fsp3) is 0.273. The van der Waals surface area contributed by atoms with Gasteiger partial charge in [-0.1, -0.05) is 24.3 Å². The number of carbonyl (C=O) groups is 2. The molecule has 2 aromatic carbocycles. The molecular weight excluding hydrogens is 376 g/mol. The van der Waals surface area contributed by atoms with E-state index >= 15 is 0 Å². The number of rotatable bonds is 11. The molecule has 0 amide bonds. The molecule has 7 nitrogen and oxygen atoms in total. The van der Waals surface area contributed by atoms with Gasteiger partial charge in [-0.2, -0.15) is 0 Å². The molecule has 0 aliphatic rings. The Morgan fingerprint density at radius 2 is 1.76 bits per heavy atom. The maximum absolute atomic E-state index is 11.5. The standard InChI is InChI=1S/C22H24O7/c1-15(23)7-8-16-5-4-6-17(9-16)22-18(11-21(24)25)10-19(28-13-26-2)12-20(22)29-14-27-3/h4-10,12H,11,13-14H2,1-3H3,(H,24,25). The van der Waals surface area contributed by atoms with Crippen molar-refractivity contribution >= 4 is 17.8 Å². The van der Waals surface area contributed by atoms with Crippen LogP contribution in [0.15, 0.2) is 42.5 Å². The Morgan fingerprint density at radius 3 is 2.41 bits per heavy atom. The van der Waals surface area contributed by atoms with E-state index in [1.165, 1.54) is 27.2 Å². The van der Waals surface area contributed by atoms with E-state index in [1.54, 1.807) is 18.2 Å². The lowest BCUT2D eigenvalue weighted by molar-refractivity contribution is -0.136. The highest BCUT2D eigenvalue weighted by Crippen LogP contribution is 2.38. The van der Waals surface area contributed by atoms with Gasteiger partial charge in [-0.3, -0.25) is 9.59 Å². The lowest BCUT2D eigenvalue weighted by atomic mass is 9.94. The van der Waals surface area contributed by atoms with Gasteiger partial charge in [-0.25, -0.2) is 0 Å². The number of ether oxygens (including phenoxy) is 4. The van der Waals surface area contributed by atoms with Gasteiger partial charge in [0.2, 0.25) is 0 Å². The number of carbonyl (C=O) groups excluding carboxylic acids is 1. The van der Waals surface area contributed by atoms with Crippen LogP contribution in [0.2, 0.25) is 0 Å². The Balaban J connectivity index is 2.61. The molecule has 0 bridgehead atoms. The van der Waals surface area contributed by atoms with Gasteiger partial charge in [0, 0.05) is 25.8 Å². The number of hydrogen-bond acceptors (Lipinski definition) is 6. The summed E-state index contributed by atoms with van der Waals surface area (Å²) in [6.07, 6.45) is 2.95. The van der Waals surface area contributed by atoms with Crippen molar-refractivity contribution in [2.45, 2.75) is 13.3 Å². The Bertz CT molecular complexity index is 887. The minimum atomic E-state index is -0.986. The van der Waals surface area contributed by atoms with Crippen LogP contribution < -0.4 is 9.47 Å². The van der Waals surface area contributed by atoms with Gasteiger partial charge in [-0.05, 0) is 41.8 Å². The molecule has 2 rings (SSSR count). The first kappa shape index (κ1) is 22.1. The topological polar surface area (TPSA) is 91.3 Å². The van der Waals surface area contributed by atoms with E-state index in [0.717, 1.165) is 11.1 Å². The Kier molecular flexibility index (Phi) is 8.39. The van der Waals surface area contributed by atoms with Crippen molar-refractivity contribution in [2.24, 2.45) is 0 Å². The molecule has 0 heterocycles. The lowest BCUT2D eigenvalue weighted by Gasteiger charge is -2.18. The Hall–Kier alpha value is -3.16. The number of carboxylic acids is 1. The third-order valence-corrected chi connectivity index (χ3v) is 3.86. The minimum absolute atomic E-state index is 0.0148. The predicted octanol–water partition coefficient (Wildman–Crippen LogP) is 3.55. The van der Waals surface area contributed by atoms with E-state index in [4.69, 9.17) is 18.9 Å². The van der Waals surface area contributed by atoms with Gasteiger partial charge >= 0.3 is 5.97 Å². The number of allylic oxidation sites excluding steroid dienone is 1. The summed E-state index contributed by atoms with van der Waals surface area (Å²) in [5.41, 5.74) is 2.69. The van der Waals surface area contributed by atoms with Crippen LogP contribution in [0, 0.1) is 0 Å². The number of ketones is 1. The summed E-state index contributed by atoms with van der Waals surface area (Å²) in [5, 5.41) is 9.39. The monoisotopic (exact) mass is 400 g/mol. The first-order valence-corrected chi connectivity index (χ1v) is 8.86. The van der Waals surface area contributed by atoms with Crippen LogP contribution in [-0.2, 0) is 25.5 Å². The summed E-state index contributed by atoms with van der Waals surface area (Å²) >= 11 is 0. The van der Waals surface area contributed by atoms with Crippen molar-refractivity contribution in [1.82, 2.24) is 0 Å². The zero-order chi connectivity index (χ0) is 21.2. The molecule has 0 unspecified atom stereocenters. The first-order valence-electron chi connectivity index (χ1n) is 8.86. The molecule has 0 aliphatic heterocycles. The maximum atomic E-state index is 11.5. The zero-order valence-corrected chi connectivity index (χ0v) is 16.6. The lowest BCUT2D eigenvalue weighted by Crippen LogP contribution is -2.07. The summed E-state index contributed by atoms with van der Waals surface area (Å²) in [6, 6.07) is 10.7. The third-order valence-electron chi connectivity index (χ3n) is 3.86. The number of methoxy groups -OCH3 is 2. The largest absolute Gasteiger partial charge is 0.481 e. The molecular formula is C22H24O7.